The molecular weight excluding hydrogens is 260 g/mol. The van der Waals surface area contributed by atoms with Crippen LogP contribution in [0.15, 0.2) is 46.3 Å². The molecule has 0 saturated carbocycles. The summed E-state index contributed by atoms with van der Waals surface area (Å²) in [6.07, 6.45) is 6.27. The molecule has 0 aromatic carbocycles. The molecule has 19 heavy (non-hydrogen) atoms. The fourth-order valence-corrected chi connectivity index (χ4v) is 2.72. The number of hydrogen-bond donors (Lipinski definition) is 2. The summed E-state index contributed by atoms with van der Waals surface area (Å²) in [5.74, 6) is 0. The molecule has 0 amide bonds. The molecule has 2 N–H and O–H groups in total. The zero-order valence-corrected chi connectivity index (χ0v) is 11.3. The fourth-order valence-electron chi connectivity index (χ4n) is 1.76. The number of thioether (sulfide) groups is 1. The van der Waals surface area contributed by atoms with Crippen molar-refractivity contribution >= 4 is 29.3 Å². The van der Waals surface area contributed by atoms with E-state index in [1.54, 1.807) is 7.05 Å². The number of H-pyrrole nitrogens is 1. The van der Waals surface area contributed by atoms with Gasteiger partial charge in [-0.2, -0.15) is 5.10 Å². The van der Waals surface area contributed by atoms with Crippen LogP contribution >= 0.6 is 11.8 Å². The second-order valence-corrected chi connectivity index (χ2v) is 5.17. The van der Waals surface area contributed by atoms with Gasteiger partial charge in [0.2, 0.25) is 0 Å². The van der Waals surface area contributed by atoms with Gasteiger partial charge >= 0.3 is 0 Å². The number of hydrogen-bond acceptors (Lipinski definition) is 5. The Morgan fingerprint density at radius 2 is 2.42 bits per heavy atom. The van der Waals surface area contributed by atoms with E-state index in [4.69, 9.17) is 5.41 Å². The smallest absolute Gasteiger partial charge is 0.168 e. The third-order valence-corrected chi connectivity index (χ3v) is 3.63. The molecule has 2 heterocycles. The van der Waals surface area contributed by atoms with Crippen LogP contribution in [0.1, 0.15) is 5.56 Å². The standard InChI is InChI=1S/C13H14N4OS/c1-9-11(6-14)12(8-18)17(2)16-13(19-9)5-10-3-4-15-7-10/h3-4,6-8,14-15H,1,5H2,2H3. The maximum Gasteiger partial charge on any atom is 0.168 e. The number of aromatic amines is 1. The number of carbonyl (C=O) groups is 1. The number of allylic oxidation sites excluding steroid dienone is 2. The fraction of sp³-hybridized carbons (Fsp3) is 0.154. The average molecular weight is 274 g/mol. The minimum absolute atomic E-state index is 0.358. The van der Waals surface area contributed by atoms with Gasteiger partial charge in [0.05, 0.1) is 0 Å². The van der Waals surface area contributed by atoms with Crippen molar-refractivity contribution in [1.29, 1.82) is 5.41 Å². The average Bonchev–Trinajstić information content (AvgIpc) is 2.83. The maximum absolute atomic E-state index is 11.1. The Morgan fingerprint density at radius 1 is 1.63 bits per heavy atom. The van der Waals surface area contributed by atoms with Gasteiger partial charge in [0.1, 0.15) is 10.7 Å². The normalized spacial score (nSPS) is 16.2. The summed E-state index contributed by atoms with van der Waals surface area (Å²) >= 11 is 1.39. The van der Waals surface area contributed by atoms with Gasteiger partial charge in [0.15, 0.2) is 6.29 Å². The number of hydrazone groups is 1. The van der Waals surface area contributed by atoms with Crippen molar-refractivity contribution < 1.29 is 4.79 Å². The van der Waals surface area contributed by atoms with E-state index >= 15 is 0 Å². The molecule has 0 fully saturated rings. The number of aromatic nitrogens is 1. The Bertz CT molecular complexity index is 571. The third kappa shape index (κ3) is 2.85. The molecule has 1 aromatic rings. The van der Waals surface area contributed by atoms with Crippen molar-refractivity contribution in [3.05, 3.63) is 46.8 Å². The first-order valence-corrected chi connectivity index (χ1v) is 6.47. The lowest BCUT2D eigenvalue weighted by Gasteiger charge is -2.12. The van der Waals surface area contributed by atoms with Gasteiger partial charge in [-0.15, -0.1) is 0 Å². The van der Waals surface area contributed by atoms with Crippen molar-refractivity contribution in [2.24, 2.45) is 5.10 Å². The lowest BCUT2D eigenvalue weighted by molar-refractivity contribution is -0.106. The van der Waals surface area contributed by atoms with Gasteiger partial charge in [-0.3, -0.25) is 9.80 Å². The van der Waals surface area contributed by atoms with Crippen LogP contribution in [0.5, 0.6) is 0 Å². The van der Waals surface area contributed by atoms with Gasteiger partial charge < -0.3 is 10.4 Å². The highest BCUT2D eigenvalue weighted by molar-refractivity contribution is 8.17. The first kappa shape index (κ1) is 13.4. The Kier molecular flexibility index (Phi) is 4.01. The third-order valence-electron chi connectivity index (χ3n) is 2.70. The quantitative estimate of drug-likeness (QED) is 0.653. The summed E-state index contributed by atoms with van der Waals surface area (Å²) in [5, 5.41) is 14.1. The first-order valence-electron chi connectivity index (χ1n) is 5.65. The summed E-state index contributed by atoms with van der Waals surface area (Å²) in [4.78, 5) is 14.8. The van der Waals surface area contributed by atoms with Crippen molar-refractivity contribution in [1.82, 2.24) is 9.99 Å². The molecule has 0 saturated heterocycles. The van der Waals surface area contributed by atoms with Gasteiger partial charge in [0.25, 0.3) is 0 Å². The van der Waals surface area contributed by atoms with E-state index in [0.717, 1.165) is 16.8 Å². The minimum atomic E-state index is 0.358. The molecule has 2 rings (SSSR count). The van der Waals surface area contributed by atoms with Crippen molar-refractivity contribution in [2.75, 3.05) is 7.05 Å². The number of likely N-dealkylation sites (N-methyl/N-ethyl adjacent to an activating group) is 1. The lowest BCUT2D eigenvalue weighted by atomic mass is 10.2. The molecule has 0 radical (unpaired) electrons. The number of rotatable bonds is 4. The van der Waals surface area contributed by atoms with E-state index in [2.05, 4.69) is 16.7 Å². The van der Waals surface area contributed by atoms with Gasteiger partial charge in [-0.25, -0.2) is 0 Å². The molecule has 1 aromatic heterocycles. The minimum Gasteiger partial charge on any atom is -0.367 e. The zero-order chi connectivity index (χ0) is 13.8. The molecule has 0 unspecified atom stereocenters. The lowest BCUT2D eigenvalue weighted by Crippen LogP contribution is -2.15. The molecule has 1 aliphatic rings. The SMILES string of the molecule is C=C1SC(Cc2cc[nH]c2)=NN(C)C(C=O)=C1C=N. The number of carbonyl (C=O) groups excluding carboxylic acids is 1. The van der Waals surface area contributed by atoms with Gasteiger partial charge in [-0.1, -0.05) is 18.3 Å². The first-order chi connectivity index (χ1) is 9.15. The van der Waals surface area contributed by atoms with Crippen LogP contribution in [-0.4, -0.2) is 34.6 Å². The summed E-state index contributed by atoms with van der Waals surface area (Å²) in [6.45, 7) is 3.92. The van der Waals surface area contributed by atoms with Crippen LogP contribution in [-0.2, 0) is 11.2 Å². The molecule has 0 atom stereocenters. The molecule has 0 aliphatic carbocycles. The predicted octanol–water partition coefficient (Wildman–Crippen LogP) is 2.17. The van der Waals surface area contributed by atoms with Crippen molar-refractivity contribution in [3.63, 3.8) is 0 Å². The van der Waals surface area contributed by atoms with E-state index in [1.165, 1.54) is 16.8 Å². The molecule has 6 heteroatoms. The molecule has 98 valence electrons. The number of aldehydes is 1. The second-order valence-electron chi connectivity index (χ2n) is 4.00. The van der Waals surface area contributed by atoms with E-state index < -0.39 is 0 Å². The Balaban J connectivity index is 2.30. The van der Waals surface area contributed by atoms with E-state index in [-0.39, 0.29) is 0 Å². The largest absolute Gasteiger partial charge is 0.367 e. The summed E-state index contributed by atoms with van der Waals surface area (Å²) in [6, 6.07) is 1.97. The van der Waals surface area contributed by atoms with Crippen LogP contribution in [0.2, 0.25) is 0 Å². The molecule has 0 bridgehead atoms. The molecule has 1 aliphatic heterocycles. The monoisotopic (exact) mass is 274 g/mol. The summed E-state index contributed by atoms with van der Waals surface area (Å²) in [5.41, 5.74) is 1.98. The van der Waals surface area contributed by atoms with Crippen LogP contribution in [0, 0.1) is 5.41 Å². The summed E-state index contributed by atoms with van der Waals surface area (Å²) < 4.78 is 0. The Morgan fingerprint density at radius 3 is 3.00 bits per heavy atom. The number of nitrogens with zero attached hydrogens (tertiary/aromatic N) is 2. The number of nitrogens with one attached hydrogen (secondary N) is 2. The highest BCUT2D eigenvalue weighted by Crippen LogP contribution is 2.30. The van der Waals surface area contributed by atoms with Crippen LogP contribution < -0.4 is 0 Å². The maximum atomic E-state index is 11.1. The van der Waals surface area contributed by atoms with E-state index in [1.807, 2.05) is 18.5 Å². The highest BCUT2D eigenvalue weighted by atomic mass is 32.2. The van der Waals surface area contributed by atoms with Gasteiger partial charge in [0, 0.05) is 42.6 Å². The van der Waals surface area contributed by atoms with E-state index in [0.29, 0.717) is 28.9 Å². The van der Waals surface area contributed by atoms with Crippen molar-refractivity contribution in [2.45, 2.75) is 6.42 Å². The van der Waals surface area contributed by atoms with E-state index in [9.17, 15) is 4.79 Å². The van der Waals surface area contributed by atoms with Crippen LogP contribution in [0.25, 0.3) is 0 Å². The second kappa shape index (κ2) is 5.71. The Labute approximate surface area is 115 Å². The zero-order valence-electron chi connectivity index (χ0n) is 10.5. The topological polar surface area (TPSA) is 72.3 Å². The van der Waals surface area contributed by atoms with Crippen LogP contribution in [0.4, 0.5) is 0 Å². The predicted molar refractivity (Wildman–Crippen MR) is 78.3 cm³/mol. The summed E-state index contributed by atoms with van der Waals surface area (Å²) in [7, 11) is 1.70. The van der Waals surface area contributed by atoms with Crippen molar-refractivity contribution in [3.8, 4) is 0 Å². The molecule has 0 spiro atoms. The Hall–Kier alpha value is -2.08. The van der Waals surface area contributed by atoms with Crippen LogP contribution in [0.3, 0.4) is 0 Å². The highest BCUT2D eigenvalue weighted by Gasteiger charge is 2.19. The molecular formula is C13H14N4OS. The van der Waals surface area contributed by atoms with Gasteiger partial charge in [-0.05, 0) is 11.6 Å². The molecule has 5 nitrogen and oxygen atoms in total.